The number of hydrogen-bond acceptors (Lipinski definition) is 4. The van der Waals surface area contributed by atoms with Crippen molar-refractivity contribution in [3.63, 3.8) is 0 Å². The Labute approximate surface area is 126 Å². The SMILES string of the molecule is CCOc1cccc(C(=O)C2CCCC(S(C)(=O)=O)C2)c1. The molecule has 21 heavy (non-hydrogen) atoms. The summed E-state index contributed by atoms with van der Waals surface area (Å²) >= 11 is 0. The molecule has 0 saturated heterocycles. The lowest BCUT2D eigenvalue weighted by Gasteiger charge is -2.27. The summed E-state index contributed by atoms with van der Waals surface area (Å²) in [6.45, 7) is 2.45. The number of Topliss-reactive ketones (excluding diaryl/α,β-unsaturated/α-hetero) is 1. The molecule has 1 fully saturated rings. The summed E-state index contributed by atoms with van der Waals surface area (Å²) in [6.07, 6.45) is 3.93. The fourth-order valence-corrected chi connectivity index (χ4v) is 4.09. The van der Waals surface area contributed by atoms with Crippen LogP contribution in [0.1, 0.15) is 43.0 Å². The highest BCUT2D eigenvalue weighted by Gasteiger charge is 2.32. The molecule has 1 aliphatic carbocycles. The minimum absolute atomic E-state index is 0.0323. The molecule has 0 heterocycles. The van der Waals surface area contributed by atoms with Gasteiger partial charge in [0.2, 0.25) is 0 Å². The predicted molar refractivity (Wildman–Crippen MR) is 82.5 cm³/mol. The highest BCUT2D eigenvalue weighted by atomic mass is 32.2. The van der Waals surface area contributed by atoms with Crippen LogP contribution in [0, 0.1) is 5.92 Å². The van der Waals surface area contributed by atoms with Crippen LogP contribution in [0.3, 0.4) is 0 Å². The number of rotatable bonds is 5. The van der Waals surface area contributed by atoms with Crippen molar-refractivity contribution in [3.8, 4) is 5.75 Å². The number of sulfone groups is 1. The molecule has 1 aromatic carbocycles. The highest BCUT2D eigenvalue weighted by Crippen LogP contribution is 2.31. The van der Waals surface area contributed by atoms with Crippen molar-refractivity contribution in [1.29, 1.82) is 0 Å². The van der Waals surface area contributed by atoms with Crippen molar-refractivity contribution in [2.75, 3.05) is 12.9 Å². The summed E-state index contributed by atoms with van der Waals surface area (Å²) in [5.74, 6) is 0.513. The zero-order valence-electron chi connectivity index (χ0n) is 12.5. The van der Waals surface area contributed by atoms with Crippen LogP contribution >= 0.6 is 0 Å². The van der Waals surface area contributed by atoms with Gasteiger partial charge in [-0.3, -0.25) is 4.79 Å². The van der Waals surface area contributed by atoms with Crippen LogP contribution in [-0.4, -0.2) is 32.3 Å². The van der Waals surface area contributed by atoms with E-state index in [1.165, 1.54) is 6.26 Å². The maximum absolute atomic E-state index is 12.6. The lowest BCUT2D eigenvalue weighted by atomic mass is 9.83. The van der Waals surface area contributed by atoms with Gasteiger partial charge in [0.15, 0.2) is 5.78 Å². The van der Waals surface area contributed by atoms with E-state index in [2.05, 4.69) is 0 Å². The molecule has 116 valence electrons. The molecule has 2 rings (SSSR count). The third-order valence-corrected chi connectivity index (χ3v) is 5.67. The number of carbonyl (C=O) groups is 1. The zero-order chi connectivity index (χ0) is 15.5. The smallest absolute Gasteiger partial charge is 0.166 e. The van der Waals surface area contributed by atoms with Gasteiger partial charge in [0.1, 0.15) is 15.6 Å². The molecule has 1 saturated carbocycles. The minimum Gasteiger partial charge on any atom is -0.494 e. The second kappa shape index (κ2) is 6.60. The Morgan fingerprint density at radius 3 is 2.76 bits per heavy atom. The fraction of sp³-hybridized carbons (Fsp3) is 0.562. The van der Waals surface area contributed by atoms with Gasteiger partial charge in [0.25, 0.3) is 0 Å². The summed E-state index contributed by atoms with van der Waals surface area (Å²) in [5.41, 5.74) is 0.611. The van der Waals surface area contributed by atoms with E-state index in [1.807, 2.05) is 13.0 Å². The van der Waals surface area contributed by atoms with Crippen LogP contribution in [0.5, 0.6) is 5.75 Å². The van der Waals surface area contributed by atoms with E-state index < -0.39 is 9.84 Å². The first kappa shape index (κ1) is 16.0. The minimum atomic E-state index is -3.07. The van der Waals surface area contributed by atoms with Crippen molar-refractivity contribution in [3.05, 3.63) is 29.8 Å². The Bertz CT molecular complexity index is 606. The topological polar surface area (TPSA) is 60.4 Å². The van der Waals surface area contributed by atoms with Gasteiger partial charge in [-0.2, -0.15) is 0 Å². The molecule has 0 amide bonds. The Hall–Kier alpha value is -1.36. The average Bonchev–Trinajstić information content (AvgIpc) is 2.46. The van der Waals surface area contributed by atoms with E-state index in [0.29, 0.717) is 30.8 Å². The van der Waals surface area contributed by atoms with E-state index in [4.69, 9.17) is 4.74 Å². The van der Waals surface area contributed by atoms with Gasteiger partial charge in [0.05, 0.1) is 11.9 Å². The van der Waals surface area contributed by atoms with E-state index in [9.17, 15) is 13.2 Å². The normalized spacial score (nSPS) is 22.8. The Kier molecular flexibility index (Phi) is 5.04. The molecule has 2 atom stereocenters. The van der Waals surface area contributed by atoms with E-state index in [-0.39, 0.29) is 17.0 Å². The fourth-order valence-electron chi connectivity index (χ4n) is 2.91. The number of benzene rings is 1. The van der Waals surface area contributed by atoms with E-state index in [0.717, 1.165) is 12.8 Å². The summed E-state index contributed by atoms with van der Waals surface area (Å²) in [4.78, 5) is 12.6. The summed E-state index contributed by atoms with van der Waals surface area (Å²) < 4.78 is 28.8. The molecule has 0 aromatic heterocycles. The monoisotopic (exact) mass is 310 g/mol. The van der Waals surface area contributed by atoms with Gasteiger partial charge >= 0.3 is 0 Å². The van der Waals surface area contributed by atoms with Crippen LogP contribution in [0.2, 0.25) is 0 Å². The number of ketones is 1. The quantitative estimate of drug-likeness (QED) is 0.785. The molecule has 0 spiro atoms. The largest absolute Gasteiger partial charge is 0.494 e. The maximum atomic E-state index is 12.6. The van der Waals surface area contributed by atoms with Crippen molar-refractivity contribution < 1.29 is 17.9 Å². The maximum Gasteiger partial charge on any atom is 0.166 e. The summed E-state index contributed by atoms with van der Waals surface area (Å²) in [6, 6.07) is 7.14. The van der Waals surface area contributed by atoms with Crippen LogP contribution in [-0.2, 0) is 9.84 Å². The Balaban J connectivity index is 2.14. The molecule has 4 nitrogen and oxygen atoms in total. The molecule has 0 bridgehead atoms. The molecule has 0 aliphatic heterocycles. The van der Waals surface area contributed by atoms with E-state index >= 15 is 0 Å². The van der Waals surface area contributed by atoms with Crippen LogP contribution in [0.25, 0.3) is 0 Å². The van der Waals surface area contributed by atoms with Gasteiger partial charge in [-0.05, 0) is 38.3 Å². The van der Waals surface area contributed by atoms with Crippen molar-refractivity contribution in [2.45, 2.75) is 37.9 Å². The van der Waals surface area contributed by atoms with E-state index in [1.54, 1.807) is 18.2 Å². The van der Waals surface area contributed by atoms with Crippen molar-refractivity contribution in [2.24, 2.45) is 5.92 Å². The second-order valence-electron chi connectivity index (χ2n) is 5.64. The first-order valence-electron chi connectivity index (χ1n) is 7.37. The van der Waals surface area contributed by atoms with Gasteiger partial charge in [0, 0.05) is 17.7 Å². The zero-order valence-corrected chi connectivity index (χ0v) is 13.4. The molecule has 0 N–H and O–H groups in total. The van der Waals surface area contributed by atoms with Gasteiger partial charge < -0.3 is 4.74 Å². The van der Waals surface area contributed by atoms with Crippen molar-refractivity contribution >= 4 is 15.6 Å². The average molecular weight is 310 g/mol. The standard InChI is InChI=1S/C16H22O4S/c1-3-20-14-8-4-6-12(10-14)16(17)13-7-5-9-15(11-13)21(2,18)19/h4,6,8,10,13,15H,3,5,7,9,11H2,1-2H3. The van der Waals surface area contributed by atoms with Crippen LogP contribution in [0.4, 0.5) is 0 Å². The molecule has 5 heteroatoms. The van der Waals surface area contributed by atoms with Gasteiger partial charge in [-0.15, -0.1) is 0 Å². The summed E-state index contributed by atoms with van der Waals surface area (Å²) in [5, 5.41) is -0.379. The molecule has 2 unspecified atom stereocenters. The number of hydrogen-bond donors (Lipinski definition) is 0. The number of carbonyl (C=O) groups excluding carboxylic acids is 1. The molecule has 0 radical (unpaired) electrons. The number of ether oxygens (including phenoxy) is 1. The first-order valence-corrected chi connectivity index (χ1v) is 9.33. The Morgan fingerprint density at radius 1 is 1.33 bits per heavy atom. The van der Waals surface area contributed by atoms with Gasteiger partial charge in [-0.1, -0.05) is 18.6 Å². The predicted octanol–water partition coefficient (Wildman–Crippen LogP) is 2.87. The Morgan fingerprint density at radius 2 is 2.10 bits per heavy atom. The summed E-state index contributed by atoms with van der Waals surface area (Å²) in [7, 11) is -3.07. The second-order valence-corrected chi connectivity index (χ2v) is 7.97. The molecular formula is C16H22O4S. The van der Waals surface area contributed by atoms with Crippen LogP contribution < -0.4 is 4.74 Å². The van der Waals surface area contributed by atoms with Crippen molar-refractivity contribution in [1.82, 2.24) is 0 Å². The van der Waals surface area contributed by atoms with Crippen LogP contribution in [0.15, 0.2) is 24.3 Å². The van der Waals surface area contributed by atoms with Gasteiger partial charge in [-0.25, -0.2) is 8.42 Å². The third kappa shape index (κ3) is 4.06. The molecular weight excluding hydrogens is 288 g/mol. The molecule has 1 aromatic rings. The first-order chi connectivity index (χ1) is 9.91. The lowest BCUT2D eigenvalue weighted by Crippen LogP contribution is -2.31. The highest BCUT2D eigenvalue weighted by molar-refractivity contribution is 7.91. The molecule has 1 aliphatic rings. The lowest BCUT2D eigenvalue weighted by molar-refractivity contribution is 0.0890. The third-order valence-electron chi connectivity index (χ3n) is 4.03.